The second-order valence-corrected chi connectivity index (χ2v) is 6.04. The van der Waals surface area contributed by atoms with Crippen molar-refractivity contribution in [2.75, 3.05) is 5.32 Å². The number of carbonyl (C=O) groups is 2. The molecule has 0 saturated heterocycles. The molecule has 0 aliphatic heterocycles. The first kappa shape index (κ1) is 17.0. The number of furan rings is 1. The van der Waals surface area contributed by atoms with Gasteiger partial charge in [0.05, 0.1) is 0 Å². The van der Waals surface area contributed by atoms with Crippen molar-refractivity contribution in [3.05, 3.63) is 64.9 Å². The number of nitrogens with one attached hydrogen (secondary N) is 1. The standard InChI is InChI=1S/C19H16ClNO4/c1-11-15-8-3-4-9-16(15)25-17(11)19(23)24-12(2)18(22)21-14-7-5-6-13(20)10-14/h3-10,12H,1-2H3,(H,21,22)/t12-/m0/s1. The number of aryl methyl sites for hydroxylation is 1. The average molecular weight is 358 g/mol. The van der Waals surface area contributed by atoms with Crippen molar-refractivity contribution in [3.63, 3.8) is 0 Å². The molecule has 1 heterocycles. The topological polar surface area (TPSA) is 68.5 Å². The summed E-state index contributed by atoms with van der Waals surface area (Å²) in [5.41, 5.74) is 1.81. The van der Waals surface area contributed by atoms with Crippen molar-refractivity contribution in [2.24, 2.45) is 0 Å². The van der Waals surface area contributed by atoms with Crippen LogP contribution in [0.4, 0.5) is 5.69 Å². The highest BCUT2D eigenvalue weighted by atomic mass is 35.5. The normalized spacial score (nSPS) is 12.0. The van der Waals surface area contributed by atoms with Crippen LogP contribution in [0.15, 0.2) is 52.9 Å². The van der Waals surface area contributed by atoms with Crippen LogP contribution in [0.2, 0.25) is 5.02 Å². The maximum atomic E-state index is 12.3. The highest BCUT2D eigenvalue weighted by molar-refractivity contribution is 6.30. The molecule has 0 saturated carbocycles. The van der Waals surface area contributed by atoms with Gasteiger partial charge in [-0.05, 0) is 38.1 Å². The Kier molecular flexibility index (Phi) is 4.76. The number of esters is 1. The molecule has 1 aromatic heterocycles. The van der Waals surface area contributed by atoms with Gasteiger partial charge in [-0.1, -0.05) is 35.9 Å². The molecule has 0 aliphatic carbocycles. The van der Waals surface area contributed by atoms with Gasteiger partial charge in [0.15, 0.2) is 6.10 Å². The van der Waals surface area contributed by atoms with Crippen LogP contribution in [-0.4, -0.2) is 18.0 Å². The van der Waals surface area contributed by atoms with Gasteiger partial charge in [-0.15, -0.1) is 0 Å². The summed E-state index contributed by atoms with van der Waals surface area (Å²) in [5, 5.41) is 3.99. The molecule has 0 fully saturated rings. The summed E-state index contributed by atoms with van der Waals surface area (Å²) in [4.78, 5) is 24.5. The Hall–Kier alpha value is -2.79. The van der Waals surface area contributed by atoms with Crippen LogP contribution in [0, 0.1) is 6.92 Å². The molecule has 0 bridgehead atoms. The molecule has 1 N–H and O–H groups in total. The number of amides is 1. The minimum Gasteiger partial charge on any atom is -0.449 e. The molecule has 0 unspecified atom stereocenters. The number of hydrogen-bond acceptors (Lipinski definition) is 4. The third kappa shape index (κ3) is 3.67. The van der Waals surface area contributed by atoms with Crippen molar-refractivity contribution in [2.45, 2.75) is 20.0 Å². The van der Waals surface area contributed by atoms with Crippen LogP contribution >= 0.6 is 11.6 Å². The lowest BCUT2D eigenvalue weighted by Gasteiger charge is -2.13. The number of halogens is 1. The number of ether oxygens (including phenoxy) is 1. The molecule has 6 heteroatoms. The Morgan fingerprint density at radius 3 is 2.64 bits per heavy atom. The lowest BCUT2D eigenvalue weighted by Crippen LogP contribution is -2.30. The van der Waals surface area contributed by atoms with Gasteiger partial charge in [-0.2, -0.15) is 0 Å². The molecule has 3 aromatic rings. The monoisotopic (exact) mass is 357 g/mol. The van der Waals surface area contributed by atoms with Crippen LogP contribution < -0.4 is 5.32 Å². The Bertz CT molecular complexity index is 948. The van der Waals surface area contributed by atoms with Crippen molar-refractivity contribution >= 4 is 40.1 Å². The summed E-state index contributed by atoms with van der Waals surface area (Å²) in [6, 6.07) is 14.0. The fourth-order valence-corrected chi connectivity index (χ4v) is 2.64. The van der Waals surface area contributed by atoms with Gasteiger partial charge in [0.1, 0.15) is 5.58 Å². The predicted molar refractivity (Wildman–Crippen MR) is 95.9 cm³/mol. The molecule has 3 rings (SSSR count). The Labute approximate surface area is 149 Å². The van der Waals surface area contributed by atoms with E-state index in [9.17, 15) is 9.59 Å². The second kappa shape index (κ2) is 6.99. The van der Waals surface area contributed by atoms with Crippen LogP contribution in [0.25, 0.3) is 11.0 Å². The summed E-state index contributed by atoms with van der Waals surface area (Å²) in [6.07, 6.45) is -0.987. The molecule has 128 valence electrons. The predicted octanol–water partition coefficient (Wildman–Crippen LogP) is 4.58. The first-order valence-corrected chi connectivity index (χ1v) is 8.09. The van der Waals surface area contributed by atoms with E-state index in [1.807, 2.05) is 18.2 Å². The number of para-hydroxylation sites is 1. The van der Waals surface area contributed by atoms with E-state index < -0.39 is 18.0 Å². The fraction of sp³-hybridized carbons (Fsp3) is 0.158. The van der Waals surface area contributed by atoms with E-state index in [-0.39, 0.29) is 5.76 Å². The number of anilines is 1. The van der Waals surface area contributed by atoms with E-state index in [4.69, 9.17) is 20.8 Å². The summed E-state index contributed by atoms with van der Waals surface area (Å²) >= 11 is 5.88. The minimum absolute atomic E-state index is 0.101. The molecule has 1 amide bonds. The molecular formula is C19H16ClNO4. The van der Waals surface area contributed by atoms with Gasteiger partial charge in [0.25, 0.3) is 5.91 Å². The van der Waals surface area contributed by atoms with Gasteiger partial charge in [-0.25, -0.2) is 4.79 Å². The average Bonchev–Trinajstić information content (AvgIpc) is 2.92. The summed E-state index contributed by atoms with van der Waals surface area (Å²) in [6.45, 7) is 3.27. The van der Waals surface area contributed by atoms with Gasteiger partial charge in [-0.3, -0.25) is 4.79 Å². The Balaban J connectivity index is 1.71. The molecule has 1 atom stereocenters. The molecule has 0 radical (unpaired) electrons. The molecule has 0 spiro atoms. The lowest BCUT2D eigenvalue weighted by atomic mass is 10.1. The summed E-state index contributed by atoms with van der Waals surface area (Å²) < 4.78 is 10.8. The van der Waals surface area contributed by atoms with Crippen molar-refractivity contribution in [3.8, 4) is 0 Å². The zero-order chi connectivity index (χ0) is 18.0. The van der Waals surface area contributed by atoms with Gasteiger partial charge in [0, 0.05) is 21.7 Å². The van der Waals surface area contributed by atoms with Gasteiger partial charge in [0.2, 0.25) is 5.76 Å². The zero-order valence-corrected chi connectivity index (χ0v) is 14.5. The molecule has 2 aromatic carbocycles. The SMILES string of the molecule is Cc1c(C(=O)O[C@@H](C)C(=O)Nc2cccc(Cl)c2)oc2ccccc12. The number of carbonyl (C=O) groups excluding carboxylic acids is 2. The van der Waals surface area contributed by atoms with Crippen molar-refractivity contribution in [1.82, 2.24) is 0 Å². The third-order valence-corrected chi connectivity index (χ3v) is 4.01. The van der Waals surface area contributed by atoms with E-state index in [0.29, 0.717) is 21.9 Å². The van der Waals surface area contributed by atoms with Crippen LogP contribution in [0.3, 0.4) is 0 Å². The second-order valence-electron chi connectivity index (χ2n) is 5.60. The summed E-state index contributed by atoms with van der Waals surface area (Å²) in [5.74, 6) is -1.03. The molecular weight excluding hydrogens is 342 g/mol. The fourth-order valence-electron chi connectivity index (χ4n) is 2.45. The lowest BCUT2D eigenvalue weighted by molar-refractivity contribution is -0.123. The maximum absolute atomic E-state index is 12.3. The minimum atomic E-state index is -0.987. The first-order chi connectivity index (χ1) is 12.0. The Morgan fingerprint density at radius 2 is 1.92 bits per heavy atom. The number of fused-ring (bicyclic) bond motifs is 1. The molecule has 0 aliphatic rings. The van der Waals surface area contributed by atoms with Crippen LogP contribution in [-0.2, 0) is 9.53 Å². The molecule has 25 heavy (non-hydrogen) atoms. The van der Waals surface area contributed by atoms with E-state index in [1.165, 1.54) is 6.92 Å². The largest absolute Gasteiger partial charge is 0.449 e. The Morgan fingerprint density at radius 1 is 1.16 bits per heavy atom. The van der Waals surface area contributed by atoms with Crippen LogP contribution in [0.5, 0.6) is 0 Å². The smallest absolute Gasteiger partial charge is 0.375 e. The van der Waals surface area contributed by atoms with Crippen molar-refractivity contribution in [1.29, 1.82) is 0 Å². The van der Waals surface area contributed by atoms with Gasteiger partial charge < -0.3 is 14.5 Å². The summed E-state index contributed by atoms with van der Waals surface area (Å²) in [7, 11) is 0. The van der Waals surface area contributed by atoms with E-state index in [2.05, 4.69) is 5.32 Å². The highest BCUT2D eigenvalue weighted by Gasteiger charge is 2.24. The number of rotatable bonds is 4. The van der Waals surface area contributed by atoms with E-state index in [0.717, 1.165) is 5.39 Å². The van der Waals surface area contributed by atoms with Crippen LogP contribution in [0.1, 0.15) is 23.0 Å². The van der Waals surface area contributed by atoms with E-state index in [1.54, 1.807) is 37.3 Å². The maximum Gasteiger partial charge on any atom is 0.375 e. The number of hydrogen-bond donors (Lipinski definition) is 1. The first-order valence-electron chi connectivity index (χ1n) is 7.71. The van der Waals surface area contributed by atoms with Crippen molar-refractivity contribution < 1.29 is 18.7 Å². The molecule has 5 nitrogen and oxygen atoms in total. The quantitative estimate of drug-likeness (QED) is 0.694. The zero-order valence-electron chi connectivity index (χ0n) is 13.7. The highest BCUT2D eigenvalue weighted by Crippen LogP contribution is 2.25. The third-order valence-electron chi connectivity index (χ3n) is 3.77. The van der Waals surface area contributed by atoms with Gasteiger partial charge >= 0.3 is 5.97 Å². The number of benzene rings is 2. The van der Waals surface area contributed by atoms with E-state index >= 15 is 0 Å².